The molecule has 0 saturated carbocycles. The van der Waals surface area contributed by atoms with Crippen LogP contribution < -0.4 is 11.1 Å². The molecule has 6 nitrogen and oxygen atoms in total. The highest BCUT2D eigenvalue weighted by atomic mass is 35.5. The monoisotopic (exact) mass is 355 g/mol. The minimum Gasteiger partial charge on any atom is -0.381 e. The number of hydrogen-bond donors (Lipinski definition) is 2. The molecule has 1 fully saturated rings. The number of nitrogens with two attached hydrogens (primary N) is 1. The van der Waals surface area contributed by atoms with E-state index in [-0.39, 0.29) is 24.2 Å². The SMILES string of the molecule is CCN(Cc1cccc(NC(=O)C2(N)CCOCC2)c1)C(C)=O.Cl. The summed E-state index contributed by atoms with van der Waals surface area (Å²) in [6.45, 7) is 5.69. The lowest BCUT2D eigenvalue weighted by Crippen LogP contribution is -2.54. The number of carbonyl (C=O) groups excluding carboxylic acids is 2. The number of anilines is 1. The summed E-state index contributed by atoms with van der Waals surface area (Å²) in [6.07, 6.45) is 1.04. The maximum absolute atomic E-state index is 12.4. The maximum atomic E-state index is 12.4. The van der Waals surface area contributed by atoms with Gasteiger partial charge in [-0.1, -0.05) is 12.1 Å². The van der Waals surface area contributed by atoms with Crippen LogP contribution in [-0.2, 0) is 20.9 Å². The van der Waals surface area contributed by atoms with E-state index in [4.69, 9.17) is 10.5 Å². The van der Waals surface area contributed by atoms with Crippen molar-refractivity contribution in [1.29, 1.82) is 0 Å². The van der Waals surface area contributed by atoms with Crippen LogP contribution in [0.1, 0.15) is 32.3 Å². The van der Waals surface area contributed by atoms with Crippen molar-refractivity contribution in [1.82, 2.24) is 4.90 Å². The number of rotatable bonds is 5. The summed E-state index contributed by atoms with van der Waals surface area (Å²) < 4.78 is 5.27. The van der Waals surface area contributed by atoms with Crippen LogP contribution in [-0.4, -0.2) is 42.0 Å². The minimum absolute atomic E-state index is 0. The van der Waals surface area contributed by atoms with E-state index >= 15 is 0 Å². The first-order chi connectivity index (χ1) is 10.9. The van der Waals surface area contributed by atoms with Gasteiger partial charge in [0.15, 0.2) is 0 Å². The first kappa shape index (κ1) is 20.4. The first-order valence-electron chi connectivity index (χ1n) is 7.97. The van der Waals surface area contributed by atoms with Gasteiger partial charge >= 0.3 is 0 Å². The van der Waals surface area contributed by atoms with E-state index in [1.165, 1.54) is 0 Å². The Morgan fingerprint density at radius 1 is 1.33 bits per heavy atom. The van der Waals surface area contributed by atoms with Gasteiger partial charge in [0.05, 0.1) is 0 Å². The summed E-state index contributed by atoms with van der Waals surface area (Å²) in [7, 11) is 0. The van der Waals surface area contributed by atoms with Crippen LogP contribution in [0.4, 0.5) is 5.69 Å². The third kappa shape index (κ3) is 5.19. The van der Waals surface area contributed by atoms with Gasteiger partial charge in [0.25, 0.3) is 0 Å². The van der Waals surface area contributed by atoms with E-state index in [1.807, 2.05) is 31.2 Å². The molecule has 1 aromatic carbocycles. The molecule has 0 atom stereocenters. The molecule has 134 valence electrons. The van der Waals surface area contributed by atoms with Crippen molar-refractivity contribution in [2.24, 2.45) is 5.73 Å². The fourth-order valence-electron chi connectivity index (χ4n) is 2.63. The molecule has 1 saturated heterocycles. The molecule has 0 spiro atoms. The predicted molar refractivity (Wildman–Crippen MR) is 96.1 cm³/mol. The van der Waals surface area contributed by atoms with Crippen LogP contribution in [0.3, 0.4) is 0 Å². The highest BCUT2D eigenvalue weighted by Gasteiger charge is 2.35. The average Bonchev–Trinajstić information content (AvgIpc) is 2.53. The molecular weight excluding hydrogens is 330 g/mol. The van der Waals surface area contributed by atoms with Gasteiger partial charge in [-0.15, -0.1) is 12.4 Å². The molecule has 1 aliphatic rings. The molecule has 3 N–H and O–H groups in total. The van der Waals surface area contributed by atoms with Gasteiger partial charge in [0, 0.05) is 38.9 Å². The summed E-state index contributed by atoms with van der Waals surface area (Å²) in [5.41, 5.74) is 6.98. The topological polar surface area (TPSA) is 84.7 Å². The van der Waals surface area contributed by atoms with Crippen molar-refractivity contribution in [2.75, 3.05) is 25.1 Å². The van der Waals surface area contributed by atoms with Crippen molar-refractivity contribution < 1.29 is 14.3 Å². The second-order valence-corrected chi connectivity index (χ2v) is 5.96. The number of amides is 2. The summed E-state index contributed by atoms with van der Waals surface area (Å²) in [6, 6.07) is 7.51. The van der Waals surface area contributed by atoms with Crippen molar-refractivity contribution >= 4 is 29.9 Å². The fourth-order valence-corrected chi connectivity index (χ4v) is 2.63. The maximum Gasteiger partial charge on any atom is 0.244 e. The Morgan fingerprint density at radius 2 is 2.00 bits per heavy atom. The van der Waals surface area contributed by atoms with Gasteiger partial charge in [0.1, 0.15) is 5.54 Å². The lowest BCUT2D eigenvalue weighted by molar-refractivity contribution is -0.129. The molecule has 0 aliphatic carbocycles. The van der Waals surface area contributed by atoms with E-state index in [2.05, 4.69) is 5.32 Å². The second-order valence-electron chi connectivity index (χ2n) is 5.96. The number of hydrogen-bond acceptors (Lipinski definition) is 4. The number of nitrogens with zero attached hydrogens (tertiary/aromatic N) is 1. The van der Waals surface area contributed by atoms with Gasteiger partial charge in [-0.05, 0) is 37.5 Å². The number of benzene rings is 1. The molecule has 1 aromatic rings. The molecule has 0 aromatic heterocycles. The summed E-state index contributed by atoms with van der Waals surface area (Å²) >= 11 is 0. The Bertz CT molecular complexity index is 574. The zero-order valence-electron chi connectivity index (χ0n) is 14.2. The Hall–Kier alpha value is -1.63. The van der Waals surface area contributed by atoms with Gasteiger partial charge in [-0.25, -0.2) is 0 Å². The summed E-state index contributed by atoms with van der Waals surface area (Å²) in [5, 5.41) is 2.89. The average molecular weight is 356 g/mol. The van der Waals surface area contributed by atoms with Crippen molar-refractivity contribution in [3.8, 4) is 0 Å². The Morgan fingerprint density at radius 3 is 2.58 bits per heavy atom. The van der Waals surface area contributed by atoms with Crippen LogP contribution in [0.2, 0.25) is 0 Å². The van der Waals surface area contributed by atoms with E-state index < -0.39 is 5.54 Å². The molecule has 7 heteroatoms. The third-order valence-corrected chi connectivity index (χ3v) is 4.22. The van der Waals surface area contributed by atoms with Gasteiger partial charge in [0.2, 0.25) is 11.8 Å². The Balaban J connectivity index is 0.00000288. The van der Waals surface area contributed by atoms with Crippen molar-refractivity contribution in [3.63, 3.8) is 0 Å². The number of halogens is 1. The van der Waals surface area contributed by atoms with Crippen molar-refractivity contribution in [3.05, 3.63) is 29.8 Å². The quantitative estimate of drug-likeness (QED) is 0.845. The highest BCUT2D eigenvalue weighted by molar-refractivity contribution is 5.98. The highest BCUT2D eigenvalue weighted by Crippen LogP contribution is 2.21. The van der Waals surface area contributed by atoms with Crippen LogP contribution in [0, 0.1) is 0 Å². The largest absolute Gasteiger partial charge is 0.381 e. The van der Waals surface area contributed by atoms with E-state index in [0.717, 1.165) is 5.56 Å². The molecule has 2 rings (SSSR count). The lowest BCUT2D eigenvalue weighted by atomic mass is 9.90. The molecule has 0 radical (unpaired) electrons. The van der Waals surface area contributed by atoms with E-state index in [0.29, 0.717) is 44.8 Å². The normalized spacial score (nSPS) is 16.0. The Labute approximate surface area is 149 Å². The van der Waals surface area contributed by atoms with Crippen LogP contribution >= 0.6 is 12.4 Å². The van der Waals surface area contributed by atoms with Crippen LogP contribution in [0.25, 0.3) is 0 Å². The standard InChI is InChI=1S/C17H25N3O3.ClH/c1-3-20(13(2)21)12-14-5-4-6-15(11-14)19-16(22)17(18)7-9-23-10-8-17;/h4-6,11H,3,7-10,12,18H2,1-2H3,(H,19,22);1H. The van der Waals surface area contributed by atoms with Crippen molar-refractivity contribution in [2.45, 2.75) is 38.8 Å². The molecule has 0 unspecified atom stereocenters. The predicted octanol–water partition coefficient (Wildman–Crippen LogP) is 1.92. The zero-order valence-corrected chi connectivity index (χ0v) is 15.0. The second kappa shape index (κ2) is 9.01. The van der Waals surface area contributed by atoms with Crippen LogP contribution in [0.5, 0.6) is 0 Å². The molecule has 2 amide bonds. The number of carbonyl (C=O) groups is 2. The fraction of sp³-hybridized carbons (Fsp3) is 0.529. The molecule has 1 heterocycles. The van der Waals surface area contributed by atoms with Gasteiger partial charge in [-0.3, -0.25) is 9.59 Å². The molecule has 0 bridgehead atoms. The summed E-state index contributed by atoms with van der Waals surface area (Å²) in [4.78, 5) is 25.7. The zero-order chi connectivity index (χ0) is 16.9. The van der Waals surface area contributed by atoms with Gasteiger partial charge in [-0.2, -0.15) is 0 Å². The van der Waals surface area contributed by atoms with E-state index in [9.17, 15) is 9.59 Å². The van der Waals surface area contributed by atoms with Crippen LogP contribution in [0.15, 0.2) is 24.3 Å². The molecule has 24 heavy (non-hydrogen) atoms. The minimum atomic E-state index is -0.872. The van der Waals surface area contributed by atoms with Gasteiger partial charge < -0.3 is 20.7 Å². The smallest absolute Gasteiger partial charge is 0.244 e. The third-order valence-electron chi connectivity index (χ3n) is 4.22. The van der Waals surface area contributed by atoms with E-state index in [1.54, 1.807) is 11.8 Å². The first-order valence-corrected chi connectivity index (χ1v) is 7.97. The number of ether oxygens (including phenoxy) is 1. The lowest BCUT2D eigenvalue weighted by Gasteiger charge is -2.31. The summed E-state index contributed by atoms with van der Waals surface area (Å²) in [5.74, 6) is -0.151. The molecule has 1 aliphatic heterocycles. The number of nitrogens with one attached hydrogen (secondary N) is 1. The molecular formula is C17H26ClN3O3. The Kier molecular flexibility index (Phi) is 7.66.